The number of aromatic nitrogens is 4. The Labute approximate surface area is 166 Å². The molecule has 8 nitrogen and oxygen atoms in total. The molecule has 0 saturated carbocycles. The smallest absolute Gasteiger partial charge is 0.357 e. The maximum atomic E-state index is 12.7. The molecule has 0 aliphatic carbocycles. The van der Waals surface area contributed by atoms with Crippen LogP contribution in [0.5, 0.6) is 0 Å². The number of nitrogens with zero attached hydrogens (tertiary/aromatic N) is 4. The van der Waals surface area contributed by atoms with E-state index in [-0.39, 0.29) is 11.3 Å². The molecule has 29 heavy (non-hydrogen) atoms. The van der Waals surface area contributed by atoms with Crippen molar-refractivity contribution in [3.8, 4) is 16.9 Å². The number of ether oxygens (including phenoxy) is 2. The number of carbonyl (C=O) groups is 2. The molecule has 0 bridgehead atoms. The second-order valence-corrected chi connectivity index (χ2v) is 6.36. The minimum atomic E-state index is -0.688. The van der Waals surface area contributed by atoms with Crippen LogP contribution in [0.4, 0.5) is 0 Å². The van der Waals surface area contributed by atoms with Gasteiger partial charge in [0, 0.05) is 12.6 Å². The molecular weight excluding hydrogens is 372 g/mol. The van der Waals surface area contributed by atoms with E-state index in [1.807, 2.05) is 48.0 Å². The van der Waals surface area contributed by atoms with Gasteiger partial charge in [0.15, 0.2) is 5.69 Å². The molecule has 0 saturated heterocycles. The molecule has 0 N–H and O–H groups in total. The highest BCUT2D eigenvalue weighted by Crippen LogP contribution is 2.30. The van der Waals surface area contributed by atoms with Crippen molar-refractivity contribution >= 4 is 23.0 Å². The fourth-order valence-electron chi connectivity index (χ4n) is 3.24. The van der Waals surface area contributed by atoms with Gasteiger partial charge in [-0.25, -0.2) is 19.3 Å². The van der Waals surface area contributed by atoms with Crippen molar-refractivity contribution in [3.63, 3.8) is 0 Å². The van der Waals surface area contributed by atoms with E-state index in [1.54, 1.807) is 18.5 Å². The first-order chi connectivity index (χ1) is 14.0. The Balaban J connectivity index is 2.02. The predicted octanol–water partition coefficient (Wildman–Crippen LogP) is 3.00. The number of fused-ring (bicyclic) bond motifs is 1. The van der Waals surface area contributed by atoms with Crippen molar-refractivity contribution in [2.45, 2.75) is 0 Å². The summed E-state index contributed by atoms with van der Waals surface area (Å²) >= 11 is 0. The lowest BCUT2D eigenvalue weighted by Crippen LogP contribution is -2.15. The van der Waals surface area contributed by atoms with Gasteiger partial charge in [0.1, 0.15) is 11.3 Å². The summed E-state index contributed by atoms with van der Waals surface area (Å²) in [5, 5.41) is 4.58. The summed E-state index contributed by atoms with van der Waals surface area (Å²) in [6, 6.07) is 14.6. The van der Waals surface area contributed by atoms with E-state index in [0.717, 1.165) is 11.0 Å². The molecule has 4 aromatic rings. The van der Waals surface area contributed by atoms with Crippen LogP contribution in [0.2, 0.25) is 0 Å². The molecule has 2 aromatic carbocycles. The van der Waals surface area contributed by atoms with Crippen molar-refractivity contribution in [2.24, 2.45) is 7.05 Å². The third kappa shape index (κ3) is 3.04. The molecule has 0 atom stereocenters. The number of para-hydroxylation sites is 1. The van der Waals surface area contributed by atoms with Gasteiger partial charge in [-0.1, -0.05) is 24.3 Å². The lowest BCUT2D eigenvalue weighted by atomic mass is 10.0. The van der Waals surface area contributed by atoms with Gasteiger partial charge in [0.05, 0.1) is 37.3 Å². The largest absolute Gasteiger partial charge is 0.465 e. The SMILES string of the molecule is COC(=O)c1c(-c2ccc3c(c2)ncn3C)nn(-c2ccccc2)c1C(=O)OC. The lowest BCUT2D eigenvalue weighted by molar-refractivity contribution is 0.0549. The summed E-state index contributed by atoms with van der Waals surface area (Å²) in [6.45, 7) is 0. The molecule has 0 aliphatic heterocycles. The van der Waals surface area contributed by atoms with Crippen LogP contribution >= 0.6 is 0 Å². The highest BCUT2D eigenvalue weighted by molar-refractivity contribution is 6.07. The van der Waals surface area contributed by atoms with Crippen molar-refractivity contribution in [2.75, 3.05) is 14.2 Å². The Morgan fingerprint density at radius 1 is 0.966 bits per heavy atom. The minimum absolute atomic E-state index is 0.00154. The Morgan fingerprint density at radius 3 is 2.38 bits per heavy atom. The number of hydrogen-bond donors (Lipinski definition) is 0. The van der Waals surface area contributed by atoms with E-state index in [9.17, 15) is 9.59 Å². The zero-order chi connectivity index (χ0) is 20.5. The summed E-state index contributed by atoms with van der Waals surface area (Å²) in [6.07, 6.45) is 1.71. The summed E-state index contributed by atoms with van der Waals surface area (Å²) in [4.78, 5) is 29.6. The van der Waals surface area contributed by atoms with Crippen molar-refractivity contribution < 1.29 is 19.1 Å². The maximum Gasteiger partial charge on any atom is 0.357 e. The average Bonchev–Trinajstić information content (AvgIpc) is 3.34. The predicted molar refractivity (Wildman–Crippen MR) is 106 cm³/mol. The molecule has 0 radical (unpaired) electrons. The minimum Gasteiger partial charge on any atom is -0.465 e. The highest BCUT2D eigenvalue weighted by atomic mass is 16.5. The Hall–Kier alpha value is -3.94. The summed E-state index contributed by atoms with van der Waals surface area (Å²) < 4.78 is 13.2. The van der Waals surface area contributed by atoms with Gasteiger partial charge in [-0.15, -0.1) is 0 Å². The monoisotopic (exact) mass is 390 g/mol. The molecule has 0 aliphatic rings. The number of rotatable bonds is 4. The first kappa shape index (κ1) is 18.4. The van der Waals surface area contributed by atoms with Crippen molar-refractivity contribution in [1.29, 1.82) is 0 Å². The molecule has 0 fully saturated rings. The zero-order valence-electron chi connectivity index (χ0n) is 16.1. The summed E-state index contributed by atoms with van der Waals surface area (Å²) in [7, 11) is 4.41. The Kier molecular flexibility index (Phi) is 4.59. The van der Waals surface area contributed by atoms with Crippen molar-refractivity contribution in [1.82, 2.24) is 19.3 Å². The first-order valence-corrected chi connectivity index (χ1v) is 8.81. The van der Waals surface area contributed by atoms with Crippen molar-refractivity contribution in [3.05, 3.63) is 66.1 Å². The van der Waals surface area contributed by atoms with E-state index >= 15 is 0 Å². The van der Waals surface area contributed by atoms with Gasteiger partial charge in [0.2, 0.25) is 0 Å². The quantitative estimate of drug-likeness (QED) is 0.498. The molecule has 4 rings (SSSR count). The Morgan fingerprint density at radius 2 is 1.69 bits per heavy atom. The van der Waals surface area contributed by atoms with Crippen LogP contribution in [0.25, 0.3) is 28.0 Å². The van der Waals surface area contributed by atoms with Crippen LogP contribution in [0.3, 0.4) is 0 Å². The zero-order valence-corrected chi connectivity index (χ0v) is 16.1. The van der Waals surface area contributed by atoms with Gasteiger partial charge < -0.3 is 14.0 Å². The number of benzene rings is 2. The topological polar surface area (TPSA) is 88.2 Å². The molecule has 0 unspecified atom stereocenters. The van der Waals surface area contributed by atoms with E-state index in [1.165, 1.54) is 18.9 Å². The molecule has 146 valence electrons. The molecule has 2 heterocycles. The number of esters is 2. The maximum absolute atomic E-state index is 12.7. The van der Waals surface area contributed by atoms with Crippen LogP contribution in [-0.4, -0.2) is 45.5 Å². The van der Waals surface area contributed by atoms with Gasteiger partial charge in [0.25, 0.3) is 0 Å². The van der Waals surface area contributed by atoms with Crippen LogP contribution in [-0.2, 0) is 16.5 Å². The van der Waals surface area contributed by atoms with Gasteiger partial charge in [-0.3, -0.25) is 0 Å². The molecule has 2 aromatic heterocycles. The van der Waals surface area contributed by atoms with Crippen LogP contribution in [0, 0.1) is 0 Å². The summed E-state index contributed by atoms with van der Waals surface area (Å²) in [5.74, 6) is -1.37. The third-order valence-electron chi connectivity index (χ3n) is 4.65. The first-order valence-electron chi connectivity index (χ1n) is 8.81. The Bertz CT molecular complexity index is 1220. The van der Waals surface area contributed by atoms with Crippen LogP contribution in [0.1, 0.15) is 20.8 Å². The van der Waals surface area contributed by atoms with Gasteiger partial charge in [-0.05, 0) is 24.3 Å². The lowest BCUT2D eigenvalue weighted by Gasteiger charge is -2.07. The standard InChI is InChI=1S/C21H18N4O4/c1-24-12-22-15-11-13(9-10-16(15)24)18-17(20(26)28-2)19(21(27)29-3)25(23-18)14-7-5-4-6-8-14/h4-12H,1-3H3. The molecule has 0 amide bonds. The number of imidazole rings is 1. The highest BCUT2D eigenvalue weighted by Gasteiger charge is 2.31. The van der Waals surface area contributed by atoms with Crippen LogP contribution in [0.15, 0.2) is 54.9 Å². The normalized spacial score (nSPS) is 10.9. The number of carbonyl (C=O) groups excluding carboxylic acids is 2. The van der Waals surface area contributed by atoms with E-state index in [4.69, 9.17) is 9.47 Å². The number of aryl methyl sites for hydroxylation is 1. The van der Waals surface area contributed by atoms with E-state index in [2.05, 4.69) is 10.1 Å². The van der Waals surface area contributed by atoms with E-state index in [0.29, 0.717) is 16.9 Å². The number of hydrogen-bond acceptors (Lipinski definition) is 6. The van der Waals surface area contributed by atoms with E-state index < -0.39 is 11.9 Å². The van der Waals surface area contributed by atoms with Gasteiger partial charge >= 0.3 is 11.9 Å². The number of methoxy groups -OCH3 is 2. The fraction of sp³-hybridized carbons (Fsp3) is 0.143. The second kappa shape index (κ2) is 7.23. The van der Waals surface area contributed by atoms with Gasteiger partial charge in [-0.2, -0.15) is 5.10 Å². The fourth-order valence-corrected chi connectivity index (χ4v) is 3.24. The third-order valence-corrected chi connectivity index (χ3v) is 4.65. The second-order valence-electron chi connectivity index (χ2n) is 6.36. The van der Waals surface area contributed by atoms with Crippen LogP contribution < -0.4 is 0 Å². The molecule has 8 heteroatoms. The average molecular weight is 390 g/mol. The molecule has 0 spiro atoms. The summed E-state index contributed by atoms with van der Waals surface area (Å²) in [5.41, 5.74) is 3.28. The molecular formula is C21H18N4O4.